The van der Waals surface area contributed by atoms with Crippen LogP contribution >= 0.6 is 47.8 Å². The molecule has 3 aliphatic heterocycles. The zero-order valence-electron chi connectivity index (χ0n) is 21.6. The van der Waals surface area contributed by atoms with Gasteiger partial charge in [0.15, 0.2) is 12.6 Å². The molecule has 0 aliphatic carbocycles. The Bertz CT molecular complexity index is 872. The summed E-state index contributed by atoms with van der Waals surface area (Å²) in [5.41, 5.74) is 2.53. The van der Waals surface area contributed by atoms with Crippen molar-refractivity contribution in [1.29, 1.82) is 0 Å². The Labute approximate surface area is 258 Å². The summed E-state index contributed by atoms with van der Waals surface area (Å²) in [4.78, 5) is 10.6. The number of halogens is 3. The summed E-state index contributed by atoms with van der Waals surface area (Å²) in [6, 6.07) is 11.4. The van der Waals surface area contributed by atoms with Crippen molar-refractivity contribution >= 4 is 54.1 Å². The molecule has 3 fully saturated rings. The van der Waals surface area contributed by atoms with Crippen LogP contribution in [0, 0.1) is 6.92 Å². The normalized spacial score (nSPS) is 16.9. The van der Waals surface area contributed by atoms with Crippen LogP contribution < -0.4 is 18.9 Å². The molecule has 2 aromatic carbocycles. The number of rotatable bonds is 4. The molecule has 6 nitrogen and oxygen atoms in total. The van der Waals surface area contributed by atoms with Crippen molar-refractivity contribution < 1.29 is 47.3 Å². The second-order valence-corrected chi connectivity index (χ2v) is 10.7. The zero-order chi connectivity index (χ0) is 26.2. The van der Waals surface area contributed by atoms with Gasteiger partial charge in [0, 0.05) is 43.3 Å². The van der Waals surface area contributed by atoms with Gasteiger partial charge < -0.3 is 30.6 Å². The van der Waals surface area contributed by atoms with E-state index in [1.807, 2.05) is 24.3 Å². The van der Waals surface area contributed by atoms with Gasteiger partial charge in [-0.25, -0.2) is 0 Å². The summed E-state index contributed by atoms with van der Waals surface area (Å²) in [5, 5.41) is 0. The number of hydrogen-bond donors (Lipinski definition) is 0. The third-order valence-corrected chi connectivity index (χ3v) is 6.31. The van der Waals surface area contributed by atoms with Crippen LogP contribution in [0.1, 0.15) is 66.7 Å². The Kier molecular flexibility index (Phi) is 19.7. The molecule has 0 aromatic heterocycles. The van der Waals surface area contributed by atoms with Gasteiger partial charge in [0.2, 0.25) is 0 Å². The molecule has 0 spiro atoms. The standard InChI is InChI=1S/C10H9BrO3.C9H8Br2O2.C4H8O.C4H9.Li/c11-9-4-7(6-12)3-8(5-9)10-13-1-2-14-10;10-7-3-6(4-8(11)5-7)9-12-1-2-13-9;1-2-4-5-3-1;1-3-4-2;/h3-6,10H,1-2H2;3-5,9H,1-2H2;1-4H2;1,3-4H2,2H3;/q;;;-1;+1. The maximum atomic E-state index is 10.6. The number of benzene rings is 2. The molecule has 0 atom stereocenters. The molecule has 0 N–H and O–H groups in total. The van der Waals surface area contributed by atoms with Crippen LogP contribution in [-0.2, 0) is 23.7 Å². The van der Waals surface area contributed by atoms with Gasteiger partial charge in [-0.05, 0) is 49.2 Å². The molecule has 2 aromatic rings. The predicted octanol–water partition coefficient (Wildman–Crippen LogP) is 4.99. The molecule has 200 valence electrons. The van der Waals surface area contributed by atoms with Crippen molar-refractivity contribution in [2.24, 2.45) is 0 Å². The maximum Gasteiger partial charge on any atom is 1.00 e. The van der Waals surface area contributed by atoms with Crippen LogP contribution in [0.15, 0.2) is 49.8 Å². The van der Waals surface area contributed by atoms with E-state index >= 15 is 0 Å². The molecular formula is C27H34Br3LiO6. The number of hydrogen-bond acceptors (Lipinski definition) is 6. The second kappa shape index (κ2) is 20.8. The van der Waals surface area contributed by atoms with Crippen LogP contribution in [0.4, 0.5) is 0 Å². The molecule has 0 unspecified atom stereocenters. The van der Waals surface area contributed by atoms with Crippen molar-refractivity contribution in [2.45, 2.75) is 45.2 Å². The molecule has 3 aliphatic rings. The van der Waals surface area contributed by atoms with E-state index in [0.717, 1.165) is 50.5 Å². The average molecular weight is 701 g/mol. The van der Waals surface area contributed by atoms with E-state index in [9.17, 15) is 4.79 Å². The topological polar surface area (TPSA) is 63.2 Å². The molecular weight excluding hydrogens is 667 g/mol. The quantitative estimate of drug-likeness (QED) is 0.255. The van der Waals surface area contributed by atoms with Gasteiger partial charge in [0.1, 0.15) is 6.29 Å². The molecule has 0 amide bonds. The third-order valence-electron chi connectivity index (χ3n) is 4.93. The van der Waals surface area contributed by atoms with Gasteiger partial charge in [-0.15, -0.1) is 0 Å². The summed E-state index contributed by atoms with van der Waals surface area (Å²) in [6.45, 7) is 10.3. The van der Waals surface area contributed by atoms with Crippen LogP contribution in [0.2, 0.25) is 0 Å². The summed E-state index contributed by atoms with van der Waals surface area (Å²) in [7, 11) is 0. The van der Waals surface area contributed by atoms with Crippen LogP contribution in [-0.4, -0.2) is 45.9 Å². The molecule has 0 radical (unpaired) electrons. The maximum absolute atomic E-state index is 10.6. The summed E-state index contributed by atoms with van der Waals surface area (Å²) < 4.78 is 29.3. The third kappa shape index (κ3) is 14.2. The fraction of sp³-hybridized carbons (Fsp3) is 0.481. The minimum Gasteiger partial charge on any atom is -0.381 e. The van der Waals surface area contributed by atoms with Crippen LogP contribution in [0.25, 0.3) is 0 Å². The Morgan fingerprint density at radius 1 is 0.757 bits per heavy atom. The van der Waals surface area contributed by atoms with Crippen molar-refractivity contribution in [3.8, 4) is 0 Å². The molecule has 0 bridgehead atoms. The fourth-order valence-electron chi connectivity index (χ4n) is 3.16. The average Bonchev–Trinajstić information content (AvgIpc) is 3.68. The summed E-state index contributed by atoms with van der Waals surface area (Å²) in [6.07, 6.45) is 5.11. The van der Waals surface area contributed by atoms with Crippen LogP contribution in [0.3, 0.4) is 0 Å². The minimum absolute atomic E-state index is 0. The van der Waals surface area contributed by atoms with Gasteiger partial charge in [-0.3, -0.25) is 4.79 Å². The summed E-state index contributed by atoms with van der Waals surface area (Å²) >= 11 is 10.2. The first-order valence-corrected chi connectivity index (χ1v) is 14.4. The van der Waals surface area contributed by atoms with Crippen molar-refractivity contribution in [1.82, 2.24) is 0 Å². The molecule has 3 heterocycles. The number of aldehydes is 1. The van der Waals surface area contributed by atoms with Crippen molar-refractivity contribution in [3.05, 3.63) is 73.4 Å². The second-order valence-electron chi connectivity index (χ2n) is 7.96. The van der Waals surface area contributed by atoms with Gasteiger partial charge in [-0.1, -0.05) is 61.1 Å². The Morgan fingerprint density at radius 3 is 1.51 bits per heavy atom. The first kappa shape index (κ1) is 35.0. The fourth-order valence-corrected chi connectivity index (χ4v) is 5.02. The zero-order valence-corrected chi connectivity index (χ0v) is 26.3. The number of carbonyl (C=O) groups excluding carboxylic acids is 1. The van der Waals surface area contributed by atoms with Crippen molar-refractivity contribution in [2.75, 3.05) is 39.6 Å². The van der Waals surface area contributed by atoms with Gasteiger partial charge in [0.05, 0.1) is 26.4 Å². The smallest absolute Gasteiger partial charge is 0.381 e. The molecule has 3 saturated heterocycles. The number of carbonyl (C=O) groups is 1. The van der Waals surface area contributed by atoms with Crippen LogP contribution in [0.5, 0.6) is 0 Å². The molecule has 37 heavy (non-hydrogen) atoms. The predicted molar refractivity (Wildman–Crippen MR) is 151 cm³/mol. The van der Waals surface area contributed by atoms with E-state index < -0.39 is 0 Å². The van der Waals surface area contributed by atoms with Crippen molar-refractivity contribution in [3.63, 3.8) is 0 Å². The van der Waals surface area contributed by atoms with Gasteiger partial charge in [0.25, 0.3) is 0 Å². The Morgan fingerprint density at radius 2 is 1.16 bits per heavy atom. The van der Waals surface area contributed by atoms with Gasteiger partial charge >= 0.3 is 18.9 Å². The SMILES string of the molecule is Brc1cc(Br)cc(C2OCCO2)c1.C1CCOC1.O=Cc1cc(Br)cc(C2OCCO2)c1.[CH2-]CCC.[Li+]. The van der Waals surface area contributed by atoms with E-state index in [2.05, 4.69) is 61.6 Å². The minimum atomic E-state index is -0.328. The first-order valence-electron chi connectivity index (χ1n) is 12.0. The first-order chi connectivity index (χ1) is 17.5. The van der Waals surface area contributed by atoms with E-state index in [-0.39, 0.29) is 31.4 Å². The summed E-state index contributed by atoms with van der Waals surface area (Å²) in [5.74, 6) is 0. The van der Waals surface area contributed by atoms with E-state index in [1.165, 1.54) is 19.3 Å². The largest absolute Gasteiger partial charge is 1.00 e. The Hall–Kier alpha value is -0.0526. The molecule has 0 saturated carbocycles. The van der Waals surface area contributed by atoms with Gasteiger partial charge in [-0.2, -0.15) is 6.42 Å². The van der Waals surface area contributed by atoms with E-state index in [0.29, 0.717) is 32.0 Å². The molecule has 5 rings (SSSR count). The van der Waals surface area contributed by atoms with E-state index in [1.54, 1.807) is 12.1 Å². The number of ether oxygens (including phenoxy) is 5. The molecule has 10 heteroatoms. The van der Waals surface area contributed by atoms with E-state index in [4.69, 9.17) is 23.7 Å². The Balaban J connectivity index is 0.000000274. The monoisotopic (exact) mass is 698 g/mol. The number of unbranched alkanes of at least 4 members (excludes halogenated alkanes) is 1.